The Balaban J connectivity index is 1.66. The topological polar surface area (TPSA) is 60.5 Å². The maximum atomic E-state index is 12.2. The number of nitrogens with zero attached hydrogens (tertiary/aromatic N) is 1. The molecule has 5 heteroatoms. The van der Waals surface area contributed by atoms with Crippen molar-refractivity contribution < 1.29 is 14.3 Å². The maximum Gasteiger partial charge on any atom is 0.255 e. The van der Waals surface area contributed by atoms with E-state index < -0.39 is 0 Å². The normalized spacial score (nSPS) is 17.2. The molecule has 0 bridgehead atoms. The number of hydrogen-bond acceptors (Lipinski definition) is 4. The predicted octanol–water partition coefficient (Wildman–Crippen LogP) is 2.89. The fraction of sp³-hybridized carbons (Fsp3) is 0.294. The first-order valence-corrected chi connectivity index (χ1v) is 7.38. The SMILES string of the molecule is O=C(Nc1ccccc1OC[C@H]1CCCO1)c1ccncc1. The molecule has 3 rings (SSSR count). The van der Waals surface area contributed by atoms with Crippen LogP contribution in [0, 0.1) is 0 Å². The zero-order valence-electron chi connectivity index (χ0n) is 12.2. The van der Waals surface area contributed by atoms with Gasteiger partial charge in [-0.05, 0) is 37.1 Å². The van der Waals surface area contributed by atoms with E-state index in [4.69, 9.17) is 9.47 Å². The zero-order valence-corrected chi connectivity index (χ0v) is 12.2. The molecule has 0 aliphatic carbocycles. The minimum atomic E-state index is -0.185. The van der Waals surface area contributed by atoms with Gasteiger partial charge in [0, 0.05) is 24.6 Å². The molecule has 1 N–H and O–H groups in total. The summed E-state index contributed by atoms with van der Waals surface area (Å²) in [6.07, 6.45) is 5.42. The van der Waals surface area contributed by atoms with Crippen LogP contribution in [0.25, 0.3) is 0 Å². The summed E-state index contributed by atoms with van der Waals surface area (Å²) >= 11 is 0. The van der Waals surface area contributed by atoms with Crippen molar-refractivity contribution in [1.82, 2.24) is 4.98 Å². The number of carbonyl (C=O) groups excluding carboxylic acids is 1. The Kier molecular flexibility index (Phi) is 4.65. The summed E-state index contributed by atoms with van der Waals surface area (Å²) in [4.78, 5) is 16.1. The molecule has 1 aromatic carbocycles. The Bertz CT molecular complexity index is 625. The summed E-state index contributed by atoms with van der Waals surface area (Å²) in [5.74, 6) is 0.468. The minimum absolute atomic E-state index is 0.143. The molecule has 1 aliphatic heterocycles. The van der Waals surface area contributed by atoms with Crippen molar-refractivity contribution in [1.29, 1.82) is 0 Å². The molecule has 22 heavy (non-hydrogen) atoms. The molecule has 0 saturated carbocycles. The van der Waals surface area contributed by atoms with Crippen molar-refractivity contribution in [2.75, 3.05) is 18.5 Å². The molecule has 5 nitrogen and oxygen atoms in total. The van der Waals surface area contributed by atoms with E-state index in [1.54, 1.807) is 24.5 Å². The molecule has 2 heterocycles. The third-order valence-electron chi connectivity index (χ3n) is 3.53. The van der Waals surface area contributed by atoms with Crippen molar-refractivity contribution in [3.05, 3.63) is 54.4 Å². The van der Waals surface area contributed by atoms with Crippen LogP contribution in [0.1, 0.15) is 23.2 Å². The van der Waals surface area contributed by atoms with E-state index >= 15 is 0 Å². The summed E-state index contributed by atoms with van der Waals surface area (Å²) in [5.41, 5.74) is 1.21. The van der Waals surface area contributed by atoms with Crippen LogP contribution in [0.4, 0.5) is 5.69 Å². The molecule has 114 valence electrons. The first-order valence-electron chi connectivity index (χ1n) is 7.38. The lowest BCUT2D eigenvalue weighted by molar-refractivity contribution is 0.0682. The van der Waals surface area contributed by atoms with E-state index in [2.05, 4.69) is 10.3 Å². The fourth-order valence-electron chi connectivity index (χ4n) is 2.35. The van der Waals surface area contributed by atoms with Crippen LogP contribution in [0.2, 0.25) is 0 Å². The smallest absolute Gasteiger partial charge is 0.255 e. The van der Waals surface area contributed by atoms with Crippen molar-refractivity contribution in [3.8, 4) is 5.75 Å². The minimum Gasteiger partial charge on any atom is -0.489 e. The lowest BCUT2D eigenvalue weighted by atomic mass is 10.2. The van der Waals surface area contributed by atoms with Gasteiger partial charge in [0.25, 0.3) is 5.91 Å². The first-order chi connectivity index (χ1) is 10.8. The van der Waals surface area contributed by atoms with Gasteiger partial charge in [-0.15, -0.1) is 0 Å². The summed E-state index contributed by atoms with van der Waals surface area (Å²) < 4.78 is 11.4. The third-order valence-corrected chi connectivity index (χ3v) is 3.53. The van der Waals surface area contributed by atoms with Crippen LogP contribution >= 0.6 is 0 Å². The number of pyridine rings is 1. The van der Waals surface area contributed by atoms with Crippen molar-refractivity contribution in [2.45, 2.75) is 18.9 Å². The van der Waals surface area contributed by atoms with E-state index in [9.17, 15) is 4.79 Å². The number of rotatable bonds is 5. The average molecular weight is 298 g/mol. The summed E-state index contributed by atoms with van der Waals surface area (Å²) in [6, 6.07) is 10.8. The van der Waals surface area contributed by atoms with Gasteiger partial charge in [-0.25, -0.2) is 0 Å². The van der Waals surface area contributed by atoms with Gasteiger partial charge < -0.3 is 14.8 Å². The molecule has 0 radical (unpaired) electrons. The van der Waals surface area contributed by atoms with Gasteiger partial charge >= 0.3 is 0 Å². The Morgan fingerprint density at radius 2 is 2.09 bits per heavy atom. The molecular weight excluding hydrogens is 280 g/mol. The molecule has 1 amide bonds. The van der Waals surface area contributed by atoms with Crippen LogP contribution in [-0.4, -0.2) is 30.2 Å². The fourth-order valence-corrected chi connectivity index (χ4v) is 2.35. The molecule has 0 spiro atoms. The van der Waals surface area contributed by atoms with Crippen LogP contribution < -0.4 is 10.1 Å². The van der Waals surface area contributed by atoms with Crippen LogP contribution in [0.15, 0.2) is 48.8 Å². The molecule has 1 atom stereocenters. The predicted molar refractivity (Wildman–Crippen MR) is 83.1 cm³/mol. The highest BCUT2D eigenvalue weighted by Gasteiger charge is 2.17. The number of anilines is 1. The van der Waals surface area contributed by atoms with E-state index in [1.807, 2.05) is 24.3 Å². The highest BCUT2D eigenvalue weighted by molar-refractivity contribution is 6.04. The van der Waals surface area contributed by atoms with Crippen LogP contribution in [0.5, 0.6) is 5.75 Å². The molecular formula is C17H18N2O3. The number of para-hydroxylation sites is 2. The Morgan fingerprint density at radius 3 is 2.86 bits per heavy atom. The number of hydrogen-bond donors (Lipinski definition) is 1. The molecule has 1 aromatic heterocycles. The number of carbonyl (C=O) groups is 1. The van der Waals surface area contributed by atoms with Gasteiger partial charge in [-0.3, -0.25) is 9.78 Å². The maximum absolute atomic E-state index is 12.2. The average Bonchev–Trinajstić information content (AvgIpc) is 3.08. The van der Waals surface area contributed by atoms with Gasteiger partial charge in [0.1, 0.15) is 12.4 Å². The zero-order chi connectivity index (χ0) is 15.2. The van der Waals surface area contributed by atoms with Gasteiger partial charge in [0.15, 0.2) is 0 Å². The second kappa shape index (κ2) is 7.04. The lowest BCUT2D eigenvalue weighted by Gasteiger charge is -2.15. The standard InChI is InChI=1S/C17H18N2O3/c20-17(13-7-9-18-10-8-13)19-15-5-1-2-6-16(15)22-12-14-4-3-11-21-14/h1-2,5-10,14H,3-4,11-12H2,(H,19,20)/t14-/m1/s1. The monoisotopic (exact) mass is 298 g/mol. The van der Waals surface area contributed by atoms with Crippen molar-refractivity contribution in [3.63, 3.8) is 0 Å². The number of ether oxygens (including phenoxy) is 2. The van der Waals surface area contributed by atoms with Gasteiger partial charge in [-0.2, -0.15) is 0 Å². The number of aromatic nitrogens is 1. The van der Waals surface area contributed by atoms with E-state index in [0.29, 0.717) is 23.6 Å². The van der Waals surface area contributed by atoms with Gasteiger partial charge in [0.05, 0.1) is 11.8 Å². The lowest BCUT2D eigenvalue weighted by Crippen LogP contribution is -2.18. The molecule has 0 unspecified atom stereocenters. The Labute approximate surface area is 129 Å². The van der Waals surface area contributed by atoms with Gasteiger partial charge in [-0.1, -0.05) is 12.1 Å². The summed E-state index contributed by atoms with van der Waals surface area (Å²) in [7, 11) is 0. The quantitative estimate of drug-likeness (QED) is 0.922. The second-order valence-corrected chi connectivity index (χ2v) is 5.13. The Hall–Kier alpha value is -2.40. The highest BCUT2D eigenvalue weighted by Crippen LogP contribution is 2.25. The number of benzene rings is 1. The van der Waals surface area contributed by atoms with Crippen LogP contribution in [-0.2, 0) is 4.74 Å². The van der Waals surface area contributed by atoms with E-state index in [1.165, 1.54) is 0 Å². The molecule has 1 fully saturated rings. The summed E-state index contributed by atoms with van der Waals surface area (Å²) in [5, 5.41) is 2.87. The number of nitrogens with one attached hydrogen (secondary N) is 1. The molecule has 1 saturated heterocycles. The van der Waals surface area contributed by atoms with E-state index in [0.717, 1.165) is 19.4 Å². The van der Waals surface area contributed by atoms with Crippen molar-refractivity contribution in [2.24, 2.45) is 0 Å². The second-order valence-electron chi connectivity index (χ2n) is 5.13. The summed E-state index contributed by atoms with van der Waals surface area (Å²) in [6.45, 7) is 1.30. The Morgan fingerprint density at radius 1 is 1.27 bits per heavy atom. The number of amides is 1. The molecule has 2 aromatic rings. The van der Waals surface area contributed by atoms with Crippen LogP contribution in [0.3, 0.4) is 0 Å². The van der Waals surface area contributed by atoms with Gasteiger partial charge in [0.2, 0.25) is 0 Å². The largest absolute Gasteiger partial charge is 0.489 e. The highest BCUT2D eigenvalue weighted by atomic mass is 16.5. The van der Waals surface area contributed by atoms with Crippen molar-refractivity contribution >= 4 is 11.6 Å². The third kappa shape index (κ3) is 3.62. The molecule has 1 aliphatic rings. The first kappa shape index (κ1) is 14.5. The van der Waals surface area contributed by atoms with E-state index in [-0.39, 0.29) is 12.0 Å².